The number of hydrogen-bond acceptors (Lipinski definition) is 4. The molecule has 0 bridgehead atoms. The zero-order valence-electron chi connectivity index (χ0n) is 14.9. The van der Waals surface area contributed by atoms with Gasteiger partial charge in [0.25, 0.3) is 5.89 Å². The maximum Gasteiger partial charge on any atom is 0.264 e. The summed E-state index contributed by atoms with van der Waals surface area (Å²) in [6, 6.07) is 11.4. The normalized spacial score (nSPS) is 14.1. The quantitative estimate of drug-likeness (QED) is 0.672. The van der Waals surface area contributed by atoms with Crippen molar-refractivity contribution in [3.63, 3.8) is 0 Å². The molecule has 0 aliphatic heterocycles. The van der Waals surface area contributed by atoms with Crippen molar-refractivity contribution in [3.05, 3.63) is 59.1 Å². The summed E-state index contributed by atoms with van der Waals surface area (Å²) in [5.41, 5.74) is 1.90. The SMILES string of the molecule is O=C(Cn1cccc1-c1nnc(C2CCC2)o1)NCCc1ccc(Cl)cc1. The molecule has 0 atom stereocenters. The standard InChI is InChI=1S/C20H21ClN4O2/c21-16-8-6-14(7-9-16)10-11-22-18(26)13-25-12-2-5-17(25)20-24-23-19(27-20)15-3-1-4-15/h2,5-9,12,15H,1,3-4,10-11,13H2,(H,22,26). The first kappa shape index (κ1) is 17.8. The third-order valence-electron chi connectivity index (χ3n) is 4.91. The number of benzene rings is 1. The Bertz CT molecular complexity index is 912. The summed E-state index contributed by atoms with van der Waals surface area (Å²) >= 11 is 5.88. The molecule has 1 aromatic carbocycles. The molecule has 1 aliphatic carbocycles. The fraction of sp³-hybridized carbons (Fsp3) is 0.350. The summed E-state index contributed by atoms with van der Waals surface area (Å²) in [6.07, 6.45) is 6.05. The summed E-state index contributed by atoms with van der Waals surface area (Å²) in [5, 5.41) is 12.0. The van der Waals surface area contributed by atoms with Crippen LogP contribution in [0, 0.1) is 0 Å². The van der Waals surface area contributed by atoms with Gasteiger partial charge in [0.05, 0.1) is 0 Å². The zero-order valence-corrected chi connectivity index (χ0v) is 15.7. The summed E-state index contributed by atoms with van der Waals surface area (Å²) in [6.45, 7) is 0.785. The molecule has 2 heterocycles. The molecule has 1 aliphatic rings. The highest BCUT2D eigenvalue weighted by Gasteiger charge is 2.26. The Labute approximate surface area is 162 Å². The van der Waals surface area contributed by atoms with Gasteiger partial charge in [-0.05, 0) is 49.1 Å². The van der Waals surface area contributed by atoms with Gasteiger partial charge >= 0.3 is 0 Å². The second-order valence-corrected chi connectivity index (χ2v) is 7.26. The van der Waals surface area contributed by atoms with Crippen LogP contribution >= 0.6 is 11.6 Å². The largest absolute Gasteiger partial charge is 0.419 e. The number of rotatable bonds is 7. The molecule has 1 amide bonds. The average Bonchev–Trinajstić information content (AvgIpc) is 3.24. The first-order chi connectivity index (χ1) is 13.2. The number of carbonyl (C=O) groups excluding carboxylic acids is 1. The number of amides is 1. The van der Waals surface area contributed by atoms with Crippen molar-refractivity contribution in [1.82, 2.24) is 20.1 Å². The smallest absolute Gasteiger partial charge is 0.264 e. The van der Waals surface area contributed by atoms with Gasteiger partial charge in [0, 0.05) is 23.7 Å². The van der Waals surface area contributed by atoms with Crippen LogP contribution < -0.4 is 5.32 Å². The molecule has 3 aromatic rings. The fourth-order valence-electron chi connectivity index (χ4n) is 3.11. The lowest BCUT2D eigenvalue weighted by atomic mass is 9.85. The van der Waals surface area contributed by atoms with Crippen molar-refractivity contribution in [1.29, 1.82) is 0 Å². The lowest BCUT2D eigenvalue weighted by molar-refractivity contribution is -0.121. The van der Waals surface area contributed by atoms with E-state index in [0.717, 1.165) is 30.5 Å². The van der Waals surface area contributed by atoms with Crippen molar-refractivity contribution in [2.24, 2.45) is 0 Å². The number of aromatic nitrogens is 3. The van der Waals surface area contributed by atoms with Crippen LogP contribution in [0.4, 0.5) is 0 Å². The zero-order chi connectivity index (χ0) is 18.6. The molecule has 1 N–H and O–H groups in total. The molecule has 2 aromatic heterocycles. The molecule has 1 saturated carbocycles. The summed E-state index contributed by atoms with van der Waals surface area (Å²) in [7, 11) is 0. The first-order valence-electron chi connectivity index (χ1n) is 9.19. The molecule has 7 heteroatoms. The maximum absolute atomic E-state index is 12.3. The van der Waals surface area contributed by atoms with E-state index in [2.05, 4.69) is 15.5 Å². The van der Waals surface area contributed by atoms with E-state index in [-0.39, 0.29) is 12.5 Å². The minimum atomic E-state index is -0.0554. The van der Waals surface area contributed by atoms with Crippen LogP contribution in [-0.2, 0) is 17.8 Å². The van der Waals surface area contributed by atoms with Crippen LogP contribution in [0.2, 0.25) is 5.02 Å². The van der Waals surface area contributed by atoms with Crippen molar-refractivity contribution in [3.8, 4) is 11.6 Å². The Morgan fingerprint density at radius 2 is 2.04 bits per heavy atom. The van der Waals surface area contributed by atoms with Gasteiger partial charge in [-0.25, -0.2) is 0 Å². The lowest BCUT2D eigenvalue weighted by Gasteiger charge is -2.20. The monoisotopic (exact) mass is 384 g/mol. The Kier molecular flexibility index (Phi) is 5.25. The molecule has 6 nitrogen and oxygen atoms in total. The molecule has 1 fully saturated rings. The van der Waals surface area contributed by atoms with Crippen molar-refractivity contribution in [2.45, 2.75) is 38.1 Å². The molecule has 0 radical (unpaired) electrons. The van der Waals surface area contributed by atoms with Crippen LogP contribution in [0.25, 0.3) is 11.6 Å². The predicted octanol–water partition coefficient (Wildman–Crippen LogP) is 3.82. The van der Waals surface area contributed by atoms with Crippen LogP contribution in [0.15, 0.2) is 47.0 Å². The van der Waals surface area contributed by atoms with Crippen molar-refractivity contribution < 1.29 is 9.21 Å². The van der Waals surface area contributed by atoms with E-state index in [4.69, 9.17) is 16.0 Å². The van der Waals surface area contributed by atoms with E-state index < -0.39 is 0 Å². The summed E-state index contributed by atoms with van der Waals surface area (Å²) in [4.78, 5) is 12.3. The highest BCUT2D eigenvalue weighted by atomic mass is 35.5. The average molecular weight is 385 g/mol. The van der Waals surface area contributed by atoms with E-state index in [9.17, 15) is 4.79 Å². The number of hydrogen-bond donors (Lipinski definition) is 1. The lowest BCUT2D eigenvalue weighted by Crippen LogP contribution is -2.29. The molecular formula is C20H21ClN4O2. The van der Waals surface area contributed by atoms with Crippen molar-refractivity contribution in [2.75, 3.05) is 6.54 Å². The highest BCUT2D eigenvalue weighted by molar-refractivity contribution is 6.30. The summed E-state index contributed by atoms with van der Waals surface area (Å²) in [5.74, 6) is 1.51. The van der Waals surface area contributed by atoms with Gasteiger partial charge in [-0.2, -0.15) is 0 Å². The van der Waals surface area contributed by atoms with Gasteiger partial charge in [0.2, 0.25) is 11.8 Å². The molecule has 0 saturated heterocycles. The molecule has 0 unspecified atom stereocenters. The van der Waals surface area contributed by atoms with Crippen LogP contribution in [-0.4, -0.2) is 27.2 Å². The minimum Gasteiger partial charge on any atom is -0.419 e. The molecule has 140 valence electrons. The fourth-order valence-corrected chi connectivity index (χ4v) is 3.24. The molecular weight excluding hydrogens is 364 g/mol. The highest BCUT2D eigenvalue weighted by Crippen LogP contribution is 2.36. The third kappa shape index (κ3) is 4.22. The topological polar surface area (TPSA) is 73.0 Å². The Balaban J connectivity index is 1.33. The van der Waals surface area contributed by atoms with Crippen LogP contribution in [0.1, 0.15) is 36.6 Å². The van der Waals surface area contributed by atoms with Gasteiger partial charge in [-0.3, -0.25) is 4.79 Å². The number of carbonyl (C=O) groups is 1. The van der Waals surface area contributed by atoms with Crippen LogP contribution in [0.3, 0.4) is 0 Å². The van der Waals surface area contributed by atoms with E-state index >= 15 is 0 Å². The first-order valence-corrected chi connectivity index (χ1v) is 9.57. The molecule has 4 rings (SSSR count). The number of nitrogens with zero attached hydrogens (tertiary/aromatic N) is 3. The van der Waals surface area contributed by atoms with Gasteiger partial charge in [-0.1, -0.05) is 30.2 Å². The Hall–Kier alpha value is -2.60. The van der Waals surface area contributed by atoms with Crippen molar-refractivity contribution >= 4 is 17.5 Å². The van der Waals surface area contributed by atoms with E-state index in [0.29, 0.717) is 29.3 Å². The maximum atomic E-state index is 12.3. The minimum absolute atomic E-state index is 0.0554. The second kappa shape index (κ2) is 7.96. The van der Waals surface area contributed by atoms with Gasteiger partial charge in [0.1, 0.15) is 12.2 Å². The summed E-state index contributed by atoms with van der Waals surface area (Å²) < 4.78 is 7.65. The van der Waals surface area contributed by atoms with Gasteiger partial charge < -0.3 is 14.3 Å². The molecule has 27 heavy (non-hydrogen) atoms. The van der Waals surface area contributed by atoms with Crippen LogP contribution in [0.5, 0.6) is 0 Å². The second-order valence-electron chi connectivity index (χ2n) is 6.82. The van der Waals surface area contributed by atoms with E-state index in [1.165, 1.54) is 6.42 Å². The van der Waals surface area contributed by atoms with Gasteiger partial charge in [0.15, 0.2) is 0 Å². The number of nitrogens with one attached hydrogen (secondary N) is 1. The third-order valence-corrected chi connectivity index (χ3v) is 5.16. The Morgan fingerprint density at radius 1 is 1.22 bits per heavy atom. The predicted molar refractivity (Wildman–Crippen MR) is 102 cm³/mol. The van der Waals surface area contributed by atoms with Gasteiger partial charge in [-0.15, -0.1) is 10.2 Å². The van der Waals surface area contributed by atoms with E-state index in [1.807, 2.05) is 47.2 Å². The van der Waals surface area contributed by atoms with E-state index in [1.54, 1.807) is 0 Å². The molecule has 0 spiro atoms. The Morgan fingerprint density at radius 3 is 2.78 bits per heavy atom. The number of halogens is 1.